The summed E-state index contributed by atoms with van der Waals surface area (Å²) in [6, 6.07) is 79.1. The van der Waals surface area contributed by atoms with Crippen molar-refractivity contribution < 1.29 is 0 Å². The SMILES string of the molecule is C=NC(=N)c1ccc(-c2ccccc2)cc1.Cc1cccc(-c2cccc(-c3cccc(-c4cccc5sc6c7ccccc7c7ccccc7c6c45)c3)c2)c1.NCc1ccccc1. The molecule has 308 valence electrons. The minimum atomic E-state index is 0.208. The van der Waals surface area contributed by atoms with Gasteiger partial charge in [0.2, 0.25) is 0 Å². The van der Waals surface area contributed by atoms with Crippen LogP contribution in [0.1, 0.15) is 16.7 Å². The van der Waals surface area contributed by atoms with Crippen molar-refractivity contribution in [1.29, 1.82) is 5.41 Å². The number of aryl methyl sites for hydroxylation is 1. The van der Waals surface area contributed by atoms with E-state index in [0.29, 0.717) is 6.54 Å². The lowest BCUT2D eigenvalue weighted by atomic mass is 9.92. The molecule has 0 atom stereocenters. The molecular weight excluding hydrogens is 795 g/mol. The largest absolute Gasteiger partial charge is 0.326 e. The van der Waals surface area contributed by atoms with Gasteiger partial charge in [-0.15, -0.1) is 11.3 Å². The van der Waals surface area contributed by atoms with E-state index in [2.05, 4.69) is 170 Å². The van der Waals surface area contributed by atoms with Crippen LogP contribution in [0.15, 0.2) is 229 Å². The van der Waals surface area contributed by atoms with Gasteiger partial charge >= 0.3 is 0 Å². The molecule has 0 unspecified atom stereocenters. The minimum absolute atomic E-state index is 0.208. The number of benzene rings is 10. The fourth-order valence-corrected chi connectivity index (χ4v) is 9.70. The van der Waals surface area contributed by atoms with Crippen LogP contribution in [-0.2, 0) is 6.54 Å². The van der Waals surface area contributed by atoms with E-state index in [-0.39, 0.29) is 5.84 Å². The van der Waals surface area contributed by atoms with E-state index in [4.69, 9.17) is 11.1 Å². The number of hydrogen-bond donors (Lipinski definition) is 2. The first-order valence-electron chi connectivity index (χ1n) is 21.5. The predicted octanol–water partition coefficient (Wildman–Crippen LogP) is 16.2. The number of nitrogens with one attached hydrogen (secondary N) is 1. The minimum Gasteiger partial charge on any atom is -0.326 e. The molecule has 3 nitrogen and oxygen atoms in total. The summed E-state index contributed by atoms with van der Waals surface area (Å²) in [7, 11) is 0. The Bertz CT molecular complexity index is 3410. The van der Waals surface area contributed by atoms with Crippen LogP contribution in [0.4, 0.5) is 0 Å². The molecule has 11 rings (SSSR count). The van der Waals surface area contributed by atoms with Crippen LogP contribution in [0.2, 0.25) is 0 Å². The lowest BCUT2D eigenvalue weighted by Gasteiger charge is -2.11. The second-order valence-corrected chi connectivity index (χ2v) is 16.8. The molecule has 0 spiro atoms. The van der Waals surface area contributed by atoms with Gasteiger partial charge in [-0.1, -0.05) is 212 Å². The summed E-state index contributed by atoms with van der Waals surface area (Å²) < 4.78 is 2.71. The smallest absolute Gasteiger partial charge is 0.151 e. The third kappa shape index (κ3) is 8.79. The van der Waals surface area contributed by atoms with Crippen molar-refractivity contribution in [3.05, 3.63) is 241 Å². The maximum atomic E-state index is 7.52. The molecule has 0 saturated heterocycles. The molecule has 64 heavy (non-hydrogen) atoms. The van der Waals surface area contributed by atoms with Gasteiger partial charge in [0.15, 0.2) is 5.84 Å². The highest BCUT2D eigenvalue weighted by Crippen LogP contribution is 2.47. The zero-order chi connectivity index (χ0) is 43.8. The highest BCUT2D eigenvalue weighted by Gasteiger charge is 2.17. The van der Waals surface area contributed by atoms with Crippen LogP contribution in [-0.4, -0.2) is 12.6 Å². The summed E-state index contributed by atoms with van der Waals surface area (Å²) in [6.07, 6.45) is 0. The molecular formula is C60H47N3S. The van der Waals surface area contributed by atoms with Crippen LogP contribution < -0.4 is 5.73 Å². The van der Waals surface area contributed by atoms with Crippen molar-refractivity contribution in [3.8, 4) is 44.5 Å². The second kappa shape index (κ2) is 19.1. The molecule has 0 bridgehead atoms. The van der Waals surface area contributed by atoms with E-state index in [0.717, 1.165) is 11.1 Å². The Morgan fingerprint density at radius 2 is 0.953 bits per heavy atom. The van der Waals surface area contributed by atoms with E-state index in [1.54, 1.807) is 0 Å². The van der Waals surface area contributed by atoms with Gasteiger partial charge in [-0.25, -0.2) is 4.99 Å². The van der Waals surface area contributed by atoms with Gasteiger partial charge in [0, 0.05) is 37.7 Å². The van der Waals surface area contributed by atoms with E-state index in [9.17, 15) is 0 Å². The van der Waals surface area contributed by atoms with Crippen LogP contribution in [0.25, 0.3) is 86.2 Å². The van der Waals surface area contributed by atoms with E-state index in [1.807, 2.05) is 84.1 Å². The van der Waals surface area contributed by atoms with Gasteiger partial charge in [-0.2, -0.15) is 0 Å². The summed E-state index contributed by atoms with van der Waals surface area (Å²) in [4.78, 5) is 3.59. The van der Waals surface area contributed by atoms with Crippen LogP contribution in [0, 0.1) is 12.3 Å². The van der Waals surface area contributed by atoms with Gasteiger partial charge < -0.3 is 5.73 Å². The monoisotopic (exact) mass is 841 g/mol. The average Bonchev–Trinajstić information content (AvgIpc) is 3.78. The molecule has 4 heteroatoms. The number of amidine groups is 1. The molecule has 10 aromatic carbocycles. The Kier molecular flexibility index (Phi) is 12.4. The Hall–Kier alpha value is -7.76. The fraction of sp³-hybridized carbons (Fsp3) is 0.0333. The lowest BCUT2D eigenvalue weighted by Crippen LogP contribution is -1.94. The molecule has 3 N–H and O–H groups in total. The van der Waals surface area contributed by atoms with Gasteiger partial charge in [0.25, 0.3) is 0 Å². The van der Waals surface area contributed by atoms with Crippen LogP contribution >= 0.6 is 11.3 Å². The molecule has 0 amide bonds. The molecule has 11 aromatic rings. The van der Waals surface area contributed by atoms with Gasteiger partial charge in [0.05, 0.1) is 0 Å². The first-order chi connectivity index (χ1) is 31.5. The Labute approximate surface area is 379 Å². The molecule has 1 aromatic heterocycles. The zero-order valence-corrected chi connectivity index (χ0v) is 36.5. The maximum absolute atomic E-state index is 7.52. The van der Waals surface area contributed by atoms with Crippen molar-refractivity contribution in [2.45, 2.75) is 13.5 Å². The van der Waals surface area contributed by atoms with Gasteiger partial charge in [-0.3, -0.25) is 5.41 Å². The molecule has 0 aliphatic carbocycles. The highest BCUT2D eigenvalue weighted by molar-refractivity contribution is 7.27. The quantitative estimate of drug-likeness (QED) is 0.0978. The molecule has 0 saturated carbocycles. The summed E-state index contributed by atoms with van der Waals surface area (Å²) in [6.45, 7) is 6.13. The normalized spacial score (nSPS) is 10.8. The highest BCUT2D eigenvalue weighted by atomic mass is 32.1. The average molecular weight is 842 g/mol. The van der Waals surface area contributed by atoms with Crippen molar-refractivity contribution in [3.63, 3.8) is 0 Å². The third-order valence-electron chi connectivity index (χ3n) is 11.6. The Morgan fingerprint density at radius 1 is 0.469 bits per heavy atom. The number of aliphatic imine (C=N–C) groups is 1. The van der Waals surface area contributed by atoms with Crippen LogP contribution in [0.5, 0.6) is 0 Å². The first kappa shape index (κ1) is 41.6. The Balaban J connectivity index is 0.000000177. The fourth-order valence-electron chi connectivity index (χ4n) is 8.41. The standard InChI is InChI=1S/C39H26S.C14H12N2.C7H9N/c1-25-10-6-11-26(22-25)27-12-7-13-28(23-27)29-14-8-15-30(24-29)31-20-9-21-36-37(31)38-34-18-4-2-16-32(34)33-17-3-5-19-35(33)39(38)40-36;1-16-14(15)13-9-7-12(8-10-13)11-5-3-2-4-6-11;8-6-7-4-2-1-3-5-7/h2-24H,1H3;2-10,15H,1H2;1-5H,6,8H2. The molecule has 0 aliphatic rings. The summed E-state index contributed by atoms with van der Waals surface area (Å²) in [5.74, 6) is 0.208. The maximum Gasteiger partial charge on any atom is 0.151 e. The molecule has 1 heterocycles. The first-order valence-corrected chi connectivity index (χ1v) is 22.3. The van der Waals surface area contributed by atoms with E-state index >= 15 is 0 Å². The van der Waals surface area contributed by atoms with E-state index in [1.165, 1.54) is 91.8 Å². The van der Waals surface area contributed by atoms with Gasteiger partial charge in [0.1, 0.15) is 0 Å². The topological polar surface area (TPSA) is 62.2 Å². The second-order valence-electron chi connectivity index (χ2n) is 15.7. The number of nitrogens with zero attached hydrogens (tertiary/aromatic N) is 1. The molecule has 0 aliphatic heterocycles. The number of nitrogens with two attached hydrogens (primary N) is 1. The number of thiophene rings is 1. The van der Waals surface area contributed by atoms with Crippen molar-refractivity contribution in [1.82, 2.24) is 0 Å². The Morgan fingerprint density at radius 3 is 1.56 bits per heavy atom. The lowest BCUT2D eigenvalue weighted by molar-refractivity contribution is 1.07. The molecule has 0 radical (unpaired) electrons. The number of rotatable bonds is 6. The third-order valence-corrected chi connectivity index (χ3v) is 12.8. The summed E-state index contributed by atoms with van der Waals surface area (Å²) in [5.41, 5.74) is 18.4. The van der Waals surface area contributed by atoms with Gasteiger partial charge in [-0.05, 0) is 98.1 Å². The van der Waals surface area contributed by atoms with E-state index < -0.39 is 0 Å². The molecule has 0 fully saturated rings. The zero-order valence-electron chi connectivity index (χ0n) is 35.7. The van der Waals surface area contributed by atoms with Crippen LogP contribution in [0.3, 0.4) is 0 Å². The number of fused-ring (bicyclic) bond motifs is 8. The summed E-state index contributed by atoms with van der Waals surface area (Å²) >= 11 is 1.92. The summed E-state index contributed by atoms with van der Waals surface area (Å²) in [5, 5.41) is 15.6. The predicted molar refractivity (Wildman–Crippen MR) is 278 cm³/mol. The van der Waals surface area contributed by atoms with Crippen molar-refractivity contribution in [2.24, 2.45) is 10.7 Å². The van der Waals surface area contributed by atoms with Crippen molar-refractivity contribution in [2.75, 3.05) is 0 Å². The van der Waals surface area contributed by atoms with Crippen molar-refractivity contribution >= 4 is 65.6 Å². The number of hydrogen-bond acceptors (Lipinski definition) is 3.